The molecule has 2 rings (SSSR count). The van der Waals surface area contributed by atoms with Crippen LogP contribution in [0.15, 0.2) is 0 Å². The van der Waals surface area contributed by atoms with Crippen LogP contribution in [0, 0.1) is 11.3 Å². The average Bonchev–Trinajstić information content (AvgIpc) is 2.40. The largest absolute Gasteiger partial charge is 0.333 e. The number of pyridine rings is 1. The van der Waals surface area contributed by atoms with Crippen LogP contribution in [0.4, 0.5) is 5.82 Å². The maximum atomic E-state index is 9.31. The van der Waals surface area contributed by atoms with Crippen molar-refractivity contribution in [3.63, 3.8) is 0 Å². The lowest BCUT2D eigenvalue weighted by molar-refractivity contribution is -0.895. The zero-order valence-corrected chi connectivity index (χ0v) is 12.6. The van der Waals surface area contributed by atoms with Crippen LogP contribution in [0.25, 0.3) is 0 Å². The van der Waals surface area contributed by atoms with Gasteiger partial charge < -0.3 is 4.90 Å². The number of aromatic amines is 1. The van der Waals surface area contributed by atoms with Gasteiger partial charge in [0.1, 0.15) is 23.7 Å². The fraction of sp³-hybridized carbons (Fsp3) is 0.571. The van der Waals surface area contributed by atoms with E-state index in [2.05, 4.69) is 36.8 Å². The molecule has 0 saturated heterocycles. The van der Waals surface area contributed by atoms with Gasteiger partial charge in [-0.3, -0.25) is 4.90 Å². The van der Waals surface area contributed by atoms with E-state index in [1.807, 2.05) is 0 Å². The molecule has 0 aliphatic carbocycles. The summed E-state index contributed by atoms with van der Waals surface area (Å²) in [6.45, 7) is 8.13. The highest BCUT2D eigenvalue weighted by molar-refractivity contribution is 6.29. The number of fused-ring (bicyclic) bond motifs is 1. The second-order valence-corrected chi connectivity index (χ2v) is 5.42. The second-order valence-electron chi connectivity index (χ2n) is 5.04. The topological polar surface area (TPSA) is 45.6 Å². The number of quaternary nitrogens is 1. The number of hydrogen-bond acceptors (Lipinski definition) is 2. The second kappa shape index (κ2) is 5.77. The summed E-state index contributed by atoms with van der Waals surface area (Å²) in [4.78, 5) is 6.97. The molecule has 19 heavy (non-hydrogen) atoms. The highest BCUT2D eigenvalue weighted by Gasteiger charge is 2.31. The smallest absolute Gasteiger partial charge is 0.284 e. The molecule has 1 unspecified atom stereocenters. The van der Waals surface area contributed by atoms with Crippen LogP contribution in [0.1, 0.15) is 30.5 Å². The Hall–Kier alpha value is -1.31. The highest BCUT2D eigenvalue weighted by atomic mass is 35.5. The molecule has 0 aromatic carbocycles. The number of H-pyrrole nitrogens is 1. The van der Waals surface area contributed by atoms with E-state index in [1.165, 1.54) is 10.5 Å². The molecule has 0 bridgehead atoms. The molecule has 1 aromatic rings. The quantitative estimate of drug-likeness (QED) is 0.817. The van der Waals surface area contributed by atoms with E-state index in [4.69, 9.17) is 11.6 Å². The van der Waals surface area contributed by atoms with Crippen LogP contribution in [-0.4, -0.2) is 26.7 Å². The standard InChI is InChI=1S/C14H19ClN4/c1-4-19(5-2)14-12-9-18(3)7-6-10(12)11(8-16)13(15)17-14/h4-7,9H2,1-3H3/p+2. The number of nitrogens with one attached hydrogen (secondary N) is 2. The summed E-state index contributed by atoms with van der Waals surface area (Å²) in [7, 11) is 2.19. The molecule has 2 heterocycles. The van der Waals surface area contributed by atoms with Gasteiger partial charge in [0.15, 0.2) is 0 Å². The number of hydrogen-bond donors (Lipinski definition) is 1. The van der Waals surface area contributed by atoms with Gasteiger partial charge in [-0.1, -0.05) is 0 Å². The third-order valence-electron chi connectivity index (χ3n) is 3.87. The summed E-state index contributed by atoms with van der Waals surface area (Å²) >= 11 is 6.25. The molecule has 1 atom stereocenters. The molecule has 0 amide bonds. The van der Waals surface area contributed by atoms with Crippen LogP contribution in [-0.2, 0) is 13.0 Å². The van der Waals surface area contributed by atoms with Gasteiger partial charge in [-0.2, -0.15) is 5.26 Å². The average molecular weight is 281 g/mol. The van der Waals surface area contributed by atoms with E-state index in [1.54, 1.807) is 0 Å². The molecule has 0 spiro atoms. The Labute approximate surface area is 119 Å². The Balaban J connectivity index is 2.62. The number of halogens is 1. The summed E-state index contributed by atoms with van der Waals surface area (Å²) in [6, 6.07) is 2.25. The van der Waals surface area contributed by atoms with Gasteiger partial charge in [0.2, 0.25) is 5.15 Å². The lowest BCUT2D eigenvalue weighted by Crippen LogP contribution is -3.08. The minimum Gasteiger partial charge on any atom is -0.333 e. The molecule has 2 N–H and O–H groups in total. The number of anilines is 1. The van der Waals surface area contributed by atoms with Crippen molar-refractivity contribution in [2.45, 2.75) is 26.8 Å². The molecule has 5 heteroatoms. The van der Waals surface area contributed by atoms with Gasteiger partial charge in [0.05, 0.1) is 26.7 Å². The summed E-state index contributed by atoms with van der Waals surface area (Å²) in [5, 5.41) is 9.78. The van der Waals surface area contributed by atoms with Gasteiger partial charge >= 0.3 is 0 Å². The minimum absolute atomic E-state index is 0.475. The van der Waals surface area contributed by atoms with Gasteiger partial charge in [-0.25, -0.2) is 4.98 Å². The van der Waals surface area contributed by atoms with Crippen molar-refractivity contribution >= 4 is 17.4 Å². The molecular weight excluding hydrogens is 260 g/mol. The van der Waals surface area contributed by atoms with Crippen LogP contribution >= 0.6 is 11.6 Å². The van der Waals surface area contributed by atoms with Crippen molar-refractivity contribution in [3.8, 4) is 6.07 Å². The lowest BCUT2D eigenvalue weighted by atomic mass is 9.96. The van der Waals surface area contributed by atoms with Crippen molar-refractivity contribution in [2.24, 2.45) is 0 Å². The van der Waals surface area contributed by atoms with E-state index in [-0.39, 0.29) is 0 Å². The van der Waals surface area contributed by atoms with E-state index in [0.717, 1.165) is 44.0 Å². The number of aromatic nitrogens is 1. The normalized spacial score (nSPS) is 17.7. The van der Waals surface area contributed by atoms with Crippen molar-refractivity contribution in [2.75, 3.05) is 31.6 Å². The van der Waals surface area contributed by atoms with Crippen molar-refractivity contribution in [1.82, 2.24) is 0 Å². The third-order valence-corrected chi connectivity index (χ3v) is 4.15. The molecular formula is C14H21ClN4+2. The maximum Gasteiger partial charge on any atom is 0.284 e. The van der Waals surface area contributed by atoms with E-state index >= 15 is 0 Å². The number of rotatable bonds is 3. The van der Waals surface area contributed by atoms with Crippen LogP contribution < -0.4 is 14.8 Å². The Bertz CT molecular complexity index is 517. The summed E-state index contributed by atoms with van der Waals surface area (Å²) < 4.78 is 0. The Morgan fingerprint density at radius 1 is 1.37 bits per heavy atom. The molecule has 0 saturated carbocycles. The fourth-order valence-electron chi connectivity index (χ4n) is 2.79. The Morgan fingerprint density at radius 2 is 2.05 bits per heavy atom. The van der Waals surface area contributed by atoms with Crippen molar-refractivity contribution < 1.29 is 9.88 Å². The first-order chi connectivity index (χ1) is 9.12. The molecule has 0 fully saturated rings. The number of nitrogens with zero attached hydrogens (tertiary/aromatic N) is 2. The predicted octanol–water partition coefficient (Wildman–Crippen LogP) is 0.443. The zero-order valence-electron chi connectivity index (χ0n) is 11.8. The van der Waals surface area contributed by atoms with Crippen LogP contribution in [0.5, 0.6) is 0 Å². The zero-order chi connectivity index (χ0) is 14.0. The summed E-state index contributed by atoms with van der Waals surface area (Å²) in [5.41, 5.74) is 3.02. The fourth-order valence-corrected chi connectivity index (χ4v) is 3.04. The predicted molar refractivity (Wildman–Crippen MR) is 75.4 cm³/mol. The van der Waals surface area contributed by atoms with Crippen molar-refractivity contribution in [3.05, 3.63) is 21.8 Å². The Kier molecular flexibility index (Phi) is 4.28. The van der Waals surface area contributed by atoms with Gasteiger partial charge in [-0.05, 0) is 31.0 Å². The van der Waals surface area contributed by atoms with E-state index < -0.39 is 0 Å². The SMILES string of the molecule is CCN(CC)c1[nH+]c(Cl)c(C#N)c2c1C[NH+](C)CC2. The van der Waals surface area contributed by atoms with Crippen LogP contribution in [0.2, 0.25) is 5.15 Å². The number of likely N-dealkylation sites (N-methyl/N-ethyl adjacent to an activating group) is 1. The molecule has 1 aliphatic rings. The summed E-state index contributed by atoms with van der Waals surface area (Å²) in [5.74, 6) is 1.09. The molecule has 0 radical (unpaired) electrons. The molecule has 1 aromatic heterocycles. The highest BCUT2D eigenvalue weighted by Crippen LogP contribution is 2.27. The maximum absolute atomic E-state index is 9.31. The third kappa shape index (κ3) is 2.54. The minimum atomic E-state index is 0.475. The number of nitriles is 1. The summed E-state index contributed by atoms with van der Waals surface area (Å²) in [6.07, 6.45) is 0.923. The Morgan fingerprint density at radius 3 is 2.63 bits per heavy atom. The van der Waals surface area contributed by atoms with E-state index in [0.29, 0.717) is 10.7 Å². The van der Waals surface area contributed by atoms with E-state index in [9.17, 15) is 5.26 Å². The van der Waals surface area contributed by atoms with Gasteiger partial charge in [0, 0.05) is 6.42 Å². The molecule has 102 valence electrons. The monoisotopic (exact) mass is 280 g/mol. The molecule has 1 aliphatic heterocycles. The first kappa shape index (κ1) is 14.1. The lowest BCUT2D eigenvalue weighted by Gasteiger charge is -2.25. The first-order valence-electron chi connectivity index (χ1n) is 6.85. The van der Waals surface area contributed by atoms with Crippen molar-refractivity contribution in [1.29, 1.82) is 5.26 Å². The first-order valence-corrected chi connectivity index (χ1v) is 7.23. The molecule has 4 nitrogen and oxygen atoms in total. The van der Waals surface area contributed by atoms with Crippen LogP contribution in [0.3, 0.4) is 0 Å². The van der Waals surface area contributed by atoms with Gasteiger partial charge in [0.25, 0.3) is 5.82 Å². The van der Waals surface area contributed by atoms with Gasteiger partial charge in [-0.15, -0.1) is 0 Å².